The summed E-state index contributed by atoms with van der Waals surface area (Å²) in [6, 6.07) is 24.8. The molecule has 0 bridgehead atoms. The second-order valence-electron chi connectivity index (χ2n) is 8.05. The molecule has 3 nitrogen and oxygen atoms in total. The summed E-state index contributed by atoms with van der Waals surface area (Å²) < 4.78 is 0. The minimum atomic E-state index is -0.679. The van der Waals surface area contributed by atoms with Crippen molar-refractivity contribution in [1.82, 2.24) is 9.88 Å². The number of benzene rings is 2. The molecule has 0 radical (unpaired) electrons. The van der Waals surface area contributed by atoms with Crippen molar-refractivity contribution < 1.29 is 4.79 Å². The van der Waals surface area contributed by atoms with Gasteiger partial charge in [-0.25, -0.2) is 0 Å². The Morgan fingerprint density at radius 1 is 0.966 bits per heavy atom. The summed E-state index contributed by atoms with van der Waals surface area (Å²) in [6.07, 6.45) is 7.81. The van der Waals surface area contributed by atoms with Crippen molar-refractivity contribution in [3.05, 3.63) is 102 Å². The number of carbonyl (C=O) groups excluding carboxylic acids is 1. The Labute approximate surface area is 173 Å². The highest BCUT2D eigenvalue weighted by atomic mass is 16.2. The van der Waals surface area contributed by atoms with Crippen molar-refractivity contribution in [1.29, 1.82) is 0 Å². The van der Waals surface area contributed by atoms with Gasteiger partial charge in [-0.05, 0) is 61.4 Å². The lowest BCUT2D eigenvalue weighted by atomic mass is 9.75. The van der Waals surface area contributed by atoms with Crippen LogP contribution in [0.3, 0.4) is 0 Å². The number of carbonyl (C=O) groups is 1. The highest BCUT2D eigenvalue weighted by Crippen LogP contribution is 2.36. The summed E-state index contributed by atoms with van der Waals surface area (Å²) in [5.41, 5.74) is 2.71. The van der Waals surface area contributed by atoms with Gasteiger partial charge in [0.2, 0.25) is 5.91 Å². The van der Waals surface area contributed by atoms with E-state index in [9.17, 15) is 4.79 Å². The van der Waals surface area contributed by atoms with Crippen LogP contribution in [0.15, 0.2) is 85.2 Å². The smallest absolute Gasteiger partial charge is 0.237 e. The van der Waals surface area contributed by atoms with Crippen LogP contribution >= 0.6 is 0 Å². The van der Waals surface area contributed by atoms with Crippen LogP contribution < -0.4 is 0 Å². The van der Waals surface area contributed by atoms with E-state index in [4.69, 9.17) is 0 Å². The number of hydrogen-bond acceptors (Lipinski definition) is 2. The van der Waals surface area contributed by atoms with Crippen LogP contribution in [0.4, 0.5) is 0 Å². The molecule has 3 aromatic rings. The van der Waals surface area contributed by atoms with Crippen LogP contribution in [0.25, 0.3) is 0 Å². The van der Waals surface area contributed by atoms with E-state index in [1.54, 1.807) is 0 Å². The molecular weight excluding hydrogens is 356 g/mol. The van der Waals surface area contributed by atoms with Gasteiger partial charge in [0, 0.05) is 25.0 Å². The SMILES string of the molecule is CC(C(=O)N1CCCC1CCc1ccncc1)(c1ccccc1)c1ccccc1. The second kappa shape index (κ2) is 8.60. The third-order valence-electron chi connectivity index (χ3n) is 6.28. The Morgan fingerprint density at radius 2 is 1.55 bits per heavy atom. The molecule has 3 heteroatoms. The van der Waals surface area contributed by atoms with Gasteiger partial charge in [0.05, 0.1) is 5.41 Å². The van der Waals surface area contributed by atoms with Crippen LogP contribution in [0.2, 0.25) is 0 Å². The van der Waals surface area contributed by atoms with Crippen LogP contribution in [-0.4, -0.2) is 28.4 Å². The fourth-order valence-corrected chi connectivity index (χ4v) is 4.53. The van der Waals surface area contributed by atoms with Crippen LogP contribution in [0.5, 0.6) is 0 Å². The first-order chi connectivity index (χ1) is 14.2. The molecular formula is C26H28N2O. The van der Waals surface area contributed by atoms with Crippen LogP contribution in [0, 0.1) is 0 Å². The van der Waals surface area contributed by atoms with Gasteiger partial charge >= 0.3 is 0 Å². The summed E-state index contributed by atoms with van der Waals surface area (Å²) in [6.45, 7) is 2.92. The highest BCUT2D eigenvalue weighted by molar-refractivity contribution is 5.92. The van der Waals surface area contributed by atoms with Gasteiger partial charge in [-0.15, -0.1) is 0 Å². The van der Waals surface area contributed by atoms with E-state index in [1.165, 1.54) is 5.56 Å². The zero-order chi connectivity index (χ0) is 20.1. The minimum Gasteiger partial charge on any atom is -0.339 e. The van der Waals surface area contributed by atoms with Gasteiger partial charge in [-0.2, -0.15) is 0 Å². The van der Waals surface area contributed by atoms with E-state index < -0.39 is 5.41 Å². The molecule has 0 saturated carbocycles. The number of aromatic nitrogens is 1. The van der Waals surface area contributed by atoms with E-state index >= 15 is 0 Å². The topological polar surface area (TPSA) is 33.2 Å². The zero-order valence-corrected chi connectivity index (χ0v) is 17.0. The first-order valence-corrected chi connectivity index (χ1v) is 10.5. The Morgan fingerprint density at radius 3 is 2.14 bits per heavy atom. The molecule has 0 aliphatic carbocycles. The highest BCUT2D eigenvalue weighted by Gasteiger charge is 2.43. The maximum atomic E-state index is 14.0. The number of pyridine rings is 1. The summed E-state index contributed by atoms with van der Waals surface area (Å²) in [4.78, 5) is 20.2. The molecule has 1 unspecified atom stereocenters. The summed E-state index contributed by atoms with van der Waals surface area (Å²) in [5.74, 6) is 0.215. The number of rotatable bonds is 6. The Kier molecular flexibility index (Phi) is 5.75. The maximum absolute atomic E-state index is 14.0. The van der Waals surface area contributed by atoms with Gasteiger partial charge in [0.15, 0.2) is 0 Å². The van der Waals surface area contributed by atoms with Crippen molar-refractivity contribution in [2.75, 3.05) is 6.54 Å². The third-order valence-corrected chi connectivity index (χ3v) is 6.28. The van der Waals surface area contributed by atoms with Crippen molar-refractivity contribution in [3.63, 3.8) is 0 Å². The molecule has 4 rings (SSSR count). The van der Waals surface area contributed by atoms with Crippen LogP contribution in [-0.2, 0) is 16.6 Å². The van der Waals surface area contributed by atoms with E-state index in [2.05, 4.69) is 53.2 Å². The number of aryl methyl sites for hydroxylation is 1. The first-order valence-electron chi connectivity index (χ1n) is 10.5. The van der Waals surface area contributed by atoms with Crippen molar-refractivity contribution >= 4 is 5.91 Å². The summed E-state index contributed by atoms with van der Waals surface area (Å²) >= 11 is 0. The fourth-order valence-electron chi connectivity index (χ4n) is 4.53. The monoisotopic (exact) mass is 384 g/mol. The Balaban J connectivity index is 1.62. The molecule has 1 amide bonds. The van der Waals surface area contributed by atoms with Gasteiger partial charge in [0.25, 0.3) is 0 Å². The molecule has 2 heterocycles. The number of hydrogen-bond donors (Lipinski definition) is 0. The number of amides is 1. The van der Waals surface area contributed by atoms with Gasteiger partial charge in [-0.3, -0.25) is 9.78 Å². The predicted molar refractivity (Wildman–Crippen MR) is 117 cm³/mol. The summed E-state index contributed by atoms with van der Waals surface area (Å²) in [5, 5.41) is 0. The molecule has 1 aromatic heterocycles. The molecule has 2 aromatic carbocycles. The largest absolute Gasteiger partial charge is 0.339 e. The molecule has 0 N–H and O–H groups in total. The van der Waals surface area contributed by atoms with Crippen molar-refractivity contribution in [2.24, 2.45) is 0 Å². The van der Waals surface area contributed by atoms with Gasteiger partial charge in [-0.1, -0.05) is 60.7 Å². The quantitative estimate of drug-likeness (QED) is 0.598. The minimum absolute atomic E-state index is 0.215. The number of nitrogens with zero attached hydrogens (tertiary/aromatic N) is 2. The van der Waals surface area contributed by atoms with E-state index in [0.29, 0.717) is 6.04 Å². The molecule has 148 valence electrons. The third kappa shape index (κ3) is 3.95. The lowest BCUT2D eigenvalue weighted by Crippen LogP contribution is -2.48. The van der Waals surface area contributed by atoms with Crippen molar-refractivity contribution in [2.45, 2.75) is 44.1 Å². The first kappa shape index (κ1) is 19.4. The standard InChI is InChI=1S/C26H28N2O/c1-26(22-9-4-2-5-10-22,23-11-6-3-7-12-23)25(29)28-20-8-13-24(28)15-14-21-16-18-27-19-17-21/h2-7,9-12,16-19,24H,8,13-15,20H2,1H3. The van der Waals surface area contributed by atoms with Gasteiger partial charge < -0.3 is 4.90 Å². The van der Waals surface area contributed by atoms with E-state index in [-0.39, 0.29) is 5.91 Å². The molecule has 1 fully saturated rings. The lowest BCUT2D eigenvalue weighted by molar-refractivity contribution is -0.136. The predicted octanol–water partition coefficient (Wildman–Crippen LogP) is 5.01. The molecule has 0 spiro atoms. The Bertz CT molecular complexity index is 885. The fraction of sp³-hybridized carbons (Fsp3) is 0.308. The molecule has 29 heavy (non-hydrogen) atoms. The Hall–Kier alpha value is -2.94. The molecule has 1 atom stereocenters. The average molecular weight is 385 g/mol. The zero-order valence-electron chi connectivity index (χ0n) is 17.0. The maximum Gasteiger partial charge on any atom is 0.237 e. The van der Waals surface area contributed by atoms with Crippen LogP contribution in [0.1, 0.15) is 42.9 Å². The number of likely N-dealkylation sites (tertiary alicyclic amines) is 1. The lowest BCUT2D eigenvalue weighted by Gasteiger charge is -2.36. The van der Waals surface area contributed by atoms with Crippen molar-refractivity contribution in [3.8, 4) is 0 Å². The summed E-state index contributed by atoms with van der Waals surface area (Å²) in [7, 11) is 0. The van der Waals surface area contributed by atoms with E-state index in [1.807, 2.05) is 48.8 Å². The average Bonchev–Trinajstić information content (AvgIpc) is 3.27. The molecule has 1 saturated heterocycles. The normalized spacial score (nSPS) is 16.7. The molecule has 1 aliphatic rings. The molecule has 1 aliphatic heterocycles. The van der Waals surface area contributed by atoms with Gasteiger partial charge in [0.1, 0.15) is 0 Å². The second-order valence-corrected chi connectivity index (χ2v) is 8.05. The van der Waals surface area contributed by atoms with E-state index in [0.717, 1.165) is 43.4 Å².